The van der Waals surface area contributed by atoms with Gasteiger partial charge in [-0.15, -0.1) is 0 Å². The molecule has 1 unspecified atom stereocenters. The summed E-state index contributed by atoms with van der Waals surface area (Å²) in [4.78, 5) is 15.8. The molecule has 30 heavy (non-hydrogen) atoms. The van der Waals surface area contributed by atoms with Gasteiger partial charge in [0, 0.05) is 36.9 Å². The molecular weight excluding hydrogens is 370 g/mol. The summed E-state index contributed by atoms with van der Waals surface area (Å²) in [5.74, 6) is 0.0305. The van der Waals surface area contributed by atoms with Crippen molar-refractivity contribution in [2.24, 2.45) is 0 Å². The van der Waals surface area contributed by atoms with Crippen molar-refractivity contribution in [1.29, 1.82) is 0 Å². The van der Waals surface area contributed by atoms with Crippen molar-refractivity contribution >= 4 is 22.4 Å². The highest BCUT2D eigenvalue weighted by atomic mass is 16.1. The summed E-state index contributed by atoms with van der Waals surface area (Å²) in [6.07, 6.45) is 1.97. The van der Waals surface area contributed by atoms with E-state index in [4.69, 9.17) is 0 Å². The molecule has 154 valence electrons. The van der Waals surface area contributed by atoms with Crippen molar-refractivity contribution in [3.8, 4) is 0 Å². The fraction of sp³-hybridized carbons (Fsp3) is 0.346. The molecule has 2 N–H and O–H groups in total. The van der Waals surface area contributed by atoms with Crippen molar-refractivity contribution < 1.29 is 4.79 Å². The summed E-state index contributed by atoms with van der Waals surface area (Å²) in [6, 6.07) is 21.6. The minimum absolute atomic E-state index is 0.0305. The third kappa shape index (κ3) is 3.46. The quantitative estimate of drug-likeness (QED) is 0.685. The van der Waals surface area contributed by atoms with Gasteiger partial charge in [0.25, 0.3) is 5.91 Å². The van der Waals surface area contributed by atoms with Gasteiger partial charge in [-0.3, -0.25) is 4.79 Å². The van der Waals surface area contributed by atoms with Crippen molar-refractivity contribution in [3.05, 3.63) is 77.4 Å². The number of amides is 1. The van der Waals surface area contributed by atoms with Gasteiger partial charge in [0.2, 0.25) is 0 Å². The van der Waals surface area contributed by atoms with E-state index in [-0.39, 0.29) is 11.4 Å². The lowest BCUT2D eigenvalue weighted by molar-refractivity contribution is 0.0930. The van der Waals surface area contributed by atoms with Gasteiger partial charge in [0.1, 0.15) is 0 Å². The standard InChI is InChI=1S/C26H29N3O/c1-18-10-11-21(29-15-14-27-19(2)17-29)16-23(18)25(30)28-26(12-13-26)24-9-5-7-20-6-3-4-8-22(20)24/h3-11,16,19,27H,12-15,17H2,1-2H3,(H,28,30). The predicted molar refractivity (Wildman–Crippen MR) is 123 cm³/mol. The Balaban J connectivity index is 1.43. The molecule has 4 nitrogen and oxygen atoms in total. The molecule has 0 spiro atoms. The van der Waals surface area contributed by atoms with Gasteiger partial charge in [0.15, 0.2) is 0 Å². The molecule has 4 heteroatoms. The van der Waals surface area contributed by atoms with Crippen LogP contribution in [0.4, 0.5) is 5.69 Å². The first-order valence-corrected chi connectivity index (χ1v) is 11.0. The summed E-state index contributed by atoms with van der Waals surface area (Å²) in [6.45, 7) is 7.13. The number of nitrogens with zero attached hydrogens (tertiary/aromatic N) is 1. The van der Waals surface area contributed by atoms with Gasteiger partial charge in [0.05, 0.1) is 5.54 Å². The molecule has 3 aromatic rings. The summed E-state index contributed by atoms with van der Waals surface area (Å²) in [7, 11) is 0. The van der Waals surface area contributed by atoms with Crippen LogP contribution in [0.15, 0.2) is 60.7 Å². The summed E-state index contributed by atoms with van der Waals surface area (Å²) in [5.41, 5.74) is 3.93. The zero-order valence-corrected chi connectivity index (χ0v) is 17.7. The molecule has 5 rings (SSSR count). The number of aryl methyl sites for hydroxylation is 1. The molecule has 1 heterocycles. The van der Waals surface area contributed by atoms with E-state index in [9.17, 15) is 4.79 Å². The largest absolute Gasteiger partial charge is 0.369 e. The molecule has 1 atom stereocenters. The first-order valence-electron chi connectivity index (χ1n) is 11.0. The van der Waals surface area contributed by atoms with E-state index < -0.39 is 0 Å². The Morgan fingerprint density at radius 1 is 1.10 bits per heavy atom. The number of anilines is 1. The third-order valence-electron chi connectivity index (χ3n) is 6.61. The van der Waals surface area contributed by atoms with Crippen LogP contribution >= 0.6 is 0 Å². The highest BCUT2D eigenvalue weighted by Gasteiger charge is 2.46. The monoisotopic (exact) mass is 399 g/mol. The average Bonchev–Trinajstić information content (AvgIpc) is 3.54. The second-order valence-corrected chi connectivity index (χ2v) is 8.86. The highest BCUT2D eigenvalue weighted by molar-refractivity contribution is 5.98. The number of benzene rings is 3. The smallest absolute Gasteiger partial charge is 0.252 e. The number of nitrogens with one attached hydrogen (secondary N) is 2. The fourth-order valence-corrected chi connectivity index (χ4v) is 4.73. The van der Waals surface area contributed by atoms with Gasteiger partial charge in [-0.1, -0.05) is 48.5 Å². The molecule has 1 aliphatic carbocycles. The van der Waals surface area contributed by atoms with Crippen LogP contribution in [0.3, 0.4) is 0 Å². The molecule has 0 bridgehead atoms. The number of carbonyl (C=O) groups excluding carboxylic acids is 1. The van der Waals surface area contributed by atoms with Crippen LogP contribution in [-0.2, 0) is 5.54 Å². The zero-order chi connectivity index (χ0) is 20.7. The second-order valence-electron chi connectivity index (χ2n) is 8.86. The topological polar surface area (TPSA) is 44.4 Å². The van der Waals surface area contributed by atoms with E-state index in [1.165, 1.54) is 16.3 Å². The van der Waals surface area contributed by atoms with Crippen molar-refractivity contribution in [3.63, 3.8) is 0 Å². The summed E-state index contributed by atoms with van der Waals surface area (Å²) >= 11 is 0. The van der Waals surface area contributed by atoms with Crippen LogP contribution in [0.5, 0.6) is 0 Å². The number of hydrogen-bond donors (Lipinski definition) is 2. The van der Waals surface area contributed by atoms with Gasteiger partial charge in [-0.05, 0) is 60.7 Å². The Morgan fingerprint density at radius 2 is 1.90 bits per heavy atom. The second kappa shape index (κ2) is 7.44. The predicted octanol–water partition coefficient (Wildman–Crippen LogP) is 4.37. The van der Waals surface area contributed by atoms with Gasteiger partial charge >= 0.3 is 0 Å². The lowest BCUT2D eigenvalue weighted by Gasteiger charge is -2.34. The molecule has 1 saturated heterocycles. The zero-order valence-electron chi connectivity index (χ0n) is 17.7. The SMILES string of the molecule is Cc1ccc(N2CCNC(C)C2)cc1C(=O)NC1(c2cccc3ccccc23)CC1. The number of fused-ring (bicyclic) bond motifs is 1. The van der Waals surface area contributed by atoms with Crippen molar-refractivity contribution in [1.82, 2.24) is 10.6 Å². The first-order chi connectivity index (χ1) is 14.6. The number of rotatable bonds is 4. The van der Waals surface area contributed by atoms with Crippen LogP contribution in [0.2, 0.25) is 0 Å². The summed E-state index contributed by atoms with van der Waals surface area (Å²) < 4.78 is 0. The maximum atomic E-state index is 13.4. The van der Waals surface area contributed by atoms with E-state index in [0.717, 1.165) is 49.3 Å². The molecular formula is C26H29N3O. The van der Waals surface area contributed by atoms with Gasteiger partial charge in [-0.2, -0.15) is 0 Å². The lowest BCUT2D eigenvalue weighted by atomic mass is 9.96. The Hall–Kier alpha value is -2.85. The van der Waals surface area contributed by atoms with Gasteiger partial charge < -0.3 is 15.5 Å². The molecule has 0 aromatic heterocycles. The van der Waals surface area contributed by atoms with Crippen LogP contribution in [-0.4, -0.2) is 31.6 Å². The third-order valence-corrected chi connectivity index (χ3v) is 6.61. The first kappa shape index (κ1) is 19.1. The fourth-order valence-electron chi connectivity index (χ4n) is 4.73. The molecule has 3 aromatic carbocycles. The number of hydrogen-bond acceptors (Lipinski definition) is 3. The van der Waals surface area contributed by atoms with E-state index in [2.05, 4.69) is 83.1 Å². The van der Waals surface area contributed by atoms with E-state index in [1.54, 1.807) is 0 Å². The maximum Gasteiger partial charge on any atom is 0.252 e. The van der Waals surface area contributed by atoms with Crippen molar-refractivity contribution in [2.45, 2.75) is 38.3 Å². The van der Waals surface area contributed by atoms with Gasteiger partial charge in [-0.25, -0.2) is 0 Å². The van der Waals surface area contributed by atoms with Crippen LogP contribution in [0.25, 0.3) is 10.8 Å². The minimum Gasteiger partial charge on any atom is -0.369 e. The van der Waals surface area contributed by atoms with Crippen LogP contribution in [0.1, 0.15) is 41.3 Å². The van der Waals surface area contributed by atoms with E-state index in [1.807, 2.05) is 6.92 Å². The molecule has 1 saturated carbocycles. The molecule has 2 aliphatic rings. The normalized spacial score (nSPS) is 20.2. The molecule has 0 radical (unpaired) electrons. The lowest BCUT2D eigenvalue weighted by Crippen LogP contribution is -2.49. The van der Waals surface area contributed by atoms with E-state index >= 15 is 0 Å². The van der Waals surface area contributed by atoms with Crippen LogP contribution < -0.4 is 15.5 Å². The van der Waals surface area contributed by atoms with Crippen LogP contribution in [0, 0.1) is 6.92 Å². The molecule has 1 aliphatic heterocycles. The molecule has 2 fully saturated rings. The Bertz CT molecular complexity index is 1100. The number of carbonyl (C=O) groups is 1. The maximum absolute atomic E-state index is 13.4. The number of piperazine rings is 1. The Labute approximate surface area is 178 Å². The minimum atomic E-state index is -0.246. The Morgan fingerprint density at radius 3 is 2.70 bits per heavy atom. The van der Waals surface area contributed by atoms with Crippen molar-refractivity contribution in [2.75, 3.05) is 24.5 Å². The highest BCUT2D eigenvalue weighted by Crippen LogP contribution is 2.48. The van der Waals surface area contributed by atoms with E-state index in [0.29, 0.717) is 6.04 Å². The Kier molecular flexibility index (Phi) is 4.75. The average molecular weight is 400 g/mol. The summed E-state index contributed by atoms with van der Waals surface area (Å²) in [5, 5.41) is 9.34. The molecule has 1 amide bonds.